The van der Waals surface area contributed by atoms with Crippen LogP contribution in [0.3, 0.4) is 0 Å². The molecule has 36 heavy (non-hydrogen) atoms. The number of carbonyl (C=O) groups excluding carboxylic acids is 2. The minimum Gasteiger partial charge on any atom is -0.360 e. The van der Waals surface area contributed by atoms with Gasteiger partial charge in [-0.15, -0.1) is 0 Å². The first kappa shape index (κ1) is 28.0. The van der Waals surface area contributed by atoms with Gasteiger partial charge in [0.1, 0.15) is 16.2 Å². The third kappa shape index (κ3) is 6.78. The molecule has 4 N–H and O–H groups in total. The average Bonchev–Trinajstić information content (AvgIpc) is 3.19. The predicted octanol–water partition coefficient (Wildman–Crippen LogP) is 4.34. The number of nitrogens with zero attached hydrogens (tertiary/aromatic N) is 1. The second-order valence-electron chi connectivity index (χ2n) is 8.68. The highest BCUT2D eigenvalue weighted by Gasteiger charge is 2.39. The first-order valence-corrected chi connectivity index (χ1v) is 14.6. The summed E-state index contributed by atoms with van der Waals surface area (Å²) in [5.41, 5.74) is 6.26. The third-order valence-corrected chi connectivity index (χ3v) is 9.83. The molecular formula is C24H29ClFN4O4S2+. The minimum absolute atomic E-state index is 0.123. The van der Waals surface area contributed by atoms with Gasteiger partial charge in [-0.1, -0.05) is 37.6 Å². The molecule has 0 fully saturated rings. The van der Waals surface area contributed by atoms with Crippen molar-refractivity contribution in [3.63, 3.8) is 0 Å². The summed E-state index contributed by atoms with van der Waals surface area (Å²) in [6, 6.07) is 10.4. The van der Waals surface area contributed by atoms with Crippen LogP contribution in [0.25, 0.3) is 10.2 Å². The molecule has 2 amide bonds. The molecule has 1 aromatic heterocycles. The molecule has 8 nitrogen and oxygen atoms in total. The van der Waals surface area contributed by atoms with Gasteiger partial charge in [-0.3, -0.25) is 9.59 Å². The number of thiazole rings is 1. The van der Waals surface area contributed by atoms with Crippen LogP contribution in [-0.4, -0.2) is 38.3 Å². The number of hydrogen-bond donors (Lipinski definition) is 3. The molecule has 3 aromatic rings. The molecule has 194 valence electrons. The minimum atomic E-state index is -3.88. The van der Waals surface area contributed by atoms with E-state index in [4.69, 9.17) is 17.3 Å². The van der Waals surface area contributed by atoms with Crippen molar-refractivity contribution in [2.75, 3.05) is 13.1 Å². The van der Waals surface area contributed by atoms with E-state index >= 15 is 0 Å². The molecule has 12 heteroatoms. The predicted molar refractivity (Wildman–Crippen MR) is 140 cm³/mol. The summed E-state index contributed by atoms with van der Waals surface area (Å²) >= 11 is 5.85. The van der Waals surface area contributed by atoms with Gasteiger partial charge in [0.15, 0.2) is 0 Å². The molecule has 2 atom stereocenters. The van der Waals surface area contributed by atoms with Crippen LogP contribution in [0.2, 0.25) is 5.02 Å². The molecule has 0 aliphatic heterocycles. The number of nitrogens with one attached hydrogen (secondary N) is 2. The van der Waals surface area contributed by atoms with Crippen LogP contribution in [-0.2, 0) is 14.8 Å². The van der Waals surface area contributed by atoms with E-state index in [1.165, 1.54) is 0 Å². The highest BCUT2D eigenvalue weighted by atomic mass is 35.5. The Morgan fingerprint density at radius 1 is 1.14 bits per heavy atom. The summed E-state index contributed by atoms with van der Waals surface area (Å²) in [4.78, 5) is 29.6. The lowest BCUT2D eigenvalue weighted by Crippen LogP contribution is -2.31. The third-order valence-electron chi connectivity index (χ3n) is 5.38. The summed E-state index contributed by atoms with van der Waals surface area (Å²) in [6.45, 7) is 4.46. The summed E-state index contributed by atoms with van der Waals surface area (Å²) < 4.78 is 41.2. The van der Waals surface area contributed by atoms with E-state index in [1.807, 2.05) is 32.0 Å². The number of carbonyl (C=O) groups is 2. The molecule has 0 radical (unpaired) electrons. The Bertz CT molecular complexity index is 1360. The Balaban J connectivity index is 1.61. The molecule has 0 saturated carbocycles. The lowest BCUT2D eigenvalue weighted by atomic mass is 10.1. The molecule has 0 spiro atoms. The topological polar surface area (TPSA) is 131 Å². The van der Waals surface area contributed by atoms with Crippen molar-refractivity contribution < 1.29 is 22.4 Å². The number of unbranched alkanes of at least 4 members (excludes halogenated alkanes) is 1. The smallest absolute Gasteiger partial charge is 0.333 e. The average molecular weight is 556 g/mol. The van der Waals surface area contributed by atoms with Gasteiger partial charge < -0.3 is 11.1 Å². The summed E-state index contributed by atoms with van der Waals surface area (Å²) in [7, 11) is -4.76. The van der Waals surface area contributed by atoms with E-state index < -0.39 is 37.5 Å². The Kier molecular flexibility index (Phi) is 9.40. The molecule has 0 saturated heterocycles. The van der Waals surface area contributed by atoms with Crippen LogP contribution in [0.5, 0.6) is 0 Å². The van der Waals surface area contributed by atoms with Crippen LogP contribution in [0, 0.1) is 11.7 Å². The number of halogens is 2. The highest BCUT2D eigenvalue weighted by Crippen LogP contribution is 2.45. The van der Waals surface area contributed by atoms with Crippen LogP contribution in [0.1, 0.15) is 48.2 Å². The van der Waals surface area contributed by atoms with Gasteiger partial charge in [-0.2, -0.15) is 4.98 Å². The normalized spacial score (nSPS) is 13.2. The standard InChI is InChI=1S/C24H28ClFN4O4S2/c1-15(2)13-20(35-19-8-4-3-7-18(19)30-24(35)22(27)31)23(32)28-11-5-6-12-29-36(33,34)21-10-9-16(26)14-17(21)25/h3-4,7-10,14-15,20,29H,5-6,11-13H2,1-2H3,(H2-,27,28,31,32)/p+1/t20-,35?/m0/s1. The molecule has 0 aliphatic carbocycles. The van der Waals surface area contributed by atoms with Gasteiger partial charge in [-0.05, 0) is 43.0 Å². The quantitative estimate of drug-likeness (QED) is 0.226. The van der Waals surface area contributed by atoms with Crippen LogP contribution in [0.15, 0.2) is 47.4 Å². The number of aromatic nitrogens is 1. The number of amides is 2. The van der Waals surface area contributed by atoms with E-state index in [0.29, 0.717) is 31.3 Å². The second kappa shape index (κ2) is 12.1. The summed E-state index contributed by atoms with van der Waals surface area (Å²) in [6.07, 6.45) is 1.52. The van der Waals surface area contributed by atoms with Crippen LogP contribution >= 0.6 is 22.1 Å². The first-order chi connectivity index (χ1) is 17.0. The van der Waals surface area contributed by atoms with E-state index in [2.05, 4.69) is 15.0 Å². The van der Waals surface area contributed by atoms with Crippen molar-refractivity contribution in [2.24, 2.45) is 11.7 Å². The van der Waals surface area contributed by atoms with Crippen molar-refractivity contribution in [1.29, 1.82) is 0 Å². The van der Waals surface area contributed by atoms with Crippen LogP contribution < -0.4 is 15.8 Å². The molecular weight excluding hydrogens is 527 g/mol. The highest BCUT2D eigenvalue weighted by molar-refractivity contribution is 7.89. The van der Waals surface area contributed by atoms with E-state index in [1.54, 1.807) is 6.07 Å². The maximum atomic E-state index is 13.2. The summed E-state index contributed by atoms with van der Waals surface area (Å²) in [5, 5.41) is 2.44. The number of nitrogens with two attached hydrogens (primary N) is 1. The Morgan fingerprint density at radius 3 is 2.50 bits per heavy atom. The van der Waals surface area contributed by atoms with Gasteiger partial charge in [0.05, 0.1) is 5.02 Å². The molecule has 0 bridgehead atoms. The zero-order chi connectivity index (χ0) is 26.5. The SMILES string of the molecule is CC(C)C[C@@H](C(=O)NCCCCNS(=O)(=O)c1ccc(F)cc1Cl)[s+]1c(C(N)=O)nc2ccccc21. The van der Waals surface area contributed by atoms with Crippen LogP contribution in [0.4, 0.5) is 4.39 Å². The van der Waals surface area contributed by atoms with Crippen molar-refractivity contribution in [3.8, 4) is 0 Å². The zero-order valence-electron chi connectivity index (χ0n) is 20.0. The zero-order valence-corrected chi connectivity index (χ0v) is 22.4. The maximum Gasteiger partial charge on any atom is 0.333 e. The molecule has 1 unspecified atom stereocenters. The van der Waals surface area contributed by atoms with Crippen molar-refractivity contribution >= 4 is 54.1 Å². The number of fused-ring (bicyclic) bond motifs is 1. The number of rotatable bonds is 12. The van der Waals surface area contributed by atoms with E-state index in [9.17, 15) is 22.4 Å². The van der Waals surface area contributed by atoms with Gasteiger partial charge in [0.2, 0.25) is 20.0 Å². The fourth-order valence-electron chi connectivity index (χ4n) is 3.74. The van der Waals surface area contributed by atoms with Crippen molar-refractivity contribution in [1.82, 2.24) is 15.0 Å². The van der Waals surface area contributed by atoms with Gasteiger partial charge in [-0.25, -0.2) is 17.5 Å². The number of primary amides is 1. The summed E-state index contributed by atoms with van der Waals surface area (Å²) in [5.74, 6) is -1.26. The Labute approximate surface area is 217 Å². The fourth-order valence-corrected chi connectivity index (χ4v) is 7.98. The van der Waals surface area contributed by atoms with Gasteiger partial charge in [0.25, 0.3) is 5.91 Å². The van der Waals surface area contributed by atoms with E-state index in [0.717, 1.165) is 22.9 Å². The van der Waals surface area contributed by atoms with Gasteiger partial charge in [0, 0.05) is 36.0 Å². The van der Waals surface area contributed by atoms with E-state index in [-0.39, 0.29) is 33.3 Å². The number of hydrogen-bond acceptors (Lipinski definition) is 5. The fraction of sp³-hybridized carbons (Fsp3) is 0.375. The molecule has 3 rings (SSSR count). The monoisotopic (exact) mass is 555 g/mol. The molecule has 1 heterocycles. The molecule has 0 aliphatic rings. The van der Waals surface area contributed by atoms with Crippen molar-refractivity contribution in [3.05, 3.63) is 58.3 Å². The maximum absolute atomic E-state index is 13.2. The lowest BCUT2D eigenvalue weighted by Gasteiger charge is -2.14. The Hall–Kier alpha value is -2.60. The van der Waals surface area contributed by atoms with Gasteiger partial charge >= 0.3 is 10.9 Å². The first-order valence-electron chi connectivity index (χ1n) is 11.4. The van der Waals surface area contributed by atoms with Crippen molar-refractivity contribution in [2.45, 2.75) is 43.3 Å². The second-order valence-corrected chi connectivity index (χ2v) is 12.9. The number of para-hydroxylation sites is 1. The molecule has 2 aromatic carbocycles. The number of sulfonamides is 1. The lowest BCUT2D eigenvalue weighted by molar-refractivity contribution is -0.121. The Morgan fingerprint density at radius 2 is 1.83 bits per heavy atom. The number of benzene rings is 2. The largest absolute Gasteiger partial charge is 0.360 e.